The Morgan fingerprint density at radius 3 is 2.33 bits per heavy atom. The van der Waals surface area contributed by atoms with Gasteiger partial charge in [0.05, 0.1) is 5.76 Å². The van der Waals surface area contributed by atoms with Crippen LogP contribution in [-0.2, 0) is 17.8 Å². The van der Waals surface area contributed by atoms with E-state index in [1.807, 2.05) is 48.5 Å². The van der Waals surface area contributed by atoms with Crippen molar-refractivity contribution in [3.05, 3.63) is 107 Å². The van der Waals surface area contributed by atoms with Gasteiger partial charge in [0, 0.05) is 17.5 Å². The summed E-state index contributed by atoms with van der Waals surface area (Å²) in [6.07, 6.45) is 1.42. The van der Waals surface area contributed by atoms with Crippen LogP contribution in [0.3, 0.4) is 0 Å². The molecule has 0 radical (unpaired) electrons. The fourth-order valence-electron chi connectivity index (χ4n) is 2.99. The van der Waals surface area contributed by atoms with Gasteiger partial charge in [-0.05, 0) is 40.8 Å². The minimum atomic E-state index is -0.0229. The van der Waals surface area contributed by atoms with Crippen LogP contribution in [0, 0.1) is 0 Å². The third-order valence-electron chi connectivity index (χ3n) is 4.39. The summed E-state index contributed by atoms with van der Waals surface area (Å²) in [7, 11) is 0. The Kier molecular flexibility index (Phi) is 6.69. The molecule has 0 amide bonds. The molecule has 0 heterocycles. The molecule has 0 bridgehead atoms. The van der Waals surface area contributed by atoms with E-state index in [2.05, 4.69) is 36.9 Å². The van der Waals surface area contributed by atoms with E-state index in [0.29, 0.717) is 13.0 Å². The van der Waals surface area contributed by atoms with Gasteiger partial charge in [0.15, 0.2) is 0 Å². The van der Waals surface area contributed by atoms with E-state index in [9.17, 15) is 0 Å². The molecule has 3 aromatic carbocycles. The lowest BCUT2D eigenvalue weighted by Crippen LogP contribution is -2.23. The first-order chi connectivity index (χ1) is 13.1. The second-order valence-corrected chi connectivity index (χ2v) is 7.12. The molecule has 0 fully saturated rings. The fraction of sp³-hybridized carbons (Fsp3) is 0.167. The lowest BCUT2D eigenvalue weighted by atomic mass is 9.99. The molecule has 0 saturated heterocycles. The first kappa shape index (κ1) is 19.2. The number of nitrogens with two attached hydrogens (primary N) is 1. The maximum atomic E-state index is 6.29. The molecule has 0 aromatic heterocycles. The molecule has 1 unspecified atom stereocenters. The summed E-state index contributed by atoms with van der Waals surface area (Å²) in [4.78, 5) is 0. The average molecular weight is 378 g/mol. The van der Waals surface area contributed by atoms with E-state index >= 15 is 0 Å². The fourth-order valence-corrected chi connectivity index (χ4v) is 3.18. The van der Waals surface area contributed by atoms with E-state index < -0.39 is 0 Å². The van der Waals surface area contributed by atoms with Gasteiger partial charge in [0.2, 0.25) is 0 Å². The monoisotopic (exact) mass is 377 g/mol. The van der Waals surface area contributed by atoms with Crippen LogP contribution >= 0.6 is 11.6 Å². The summed E-state index contributed by atoms with van der Waals surface area (Å²) in [6, 6.07) is 26.3. The Balaban J connectivity index is 1.50. The van der Waals surface area contributed by atoms with Crippen LogP contribution < -0.4 is 5.73 Å². The van der Waals surface area contributed by atoms with E-state index in [0.717, 1.165) is 33.9 Å². The standard InChI is InChI=1S/C24H24ClNO/c1-18(27-17-20-6-3-2-4-7-20)14-24(26)15-19-10-12-21(13-11-19)22-8-5-9-23(25)16-22/h2-13,16,24H,1,14-15,17,26H2. The molecule has 3 rings (SSSR count). The van der Waals surface area contributed by atoms with Gasteiger partial charge in [-0.1, -0.05) is 84.9 Å². The third kappa shape index (κ3) is 5.99. The minimum Gasteiger partial charge on any atom is -0.494 e. The van der Waals surface area contributed by atoms with Crippen LogP contribution in [0.2, 0.25) is 5.02 Å². The maximum absolute atomic E-state index is 6.29. The zero-order valence-electron chi connectivity index (χ0n) is 15.3. The first-order valence-corrected chi connectivity index (χ1v) is 9.43. The van der Waals surface area contributed by atoms with Crippen molar-refractivity contribution in [3.8, 4) is 11.1 Å². The van der Waals surface area contributed by atoms with Gasteiger partial charge in [-0.3, -0.25) is 0 Å². The second-order valence-electron chi connectivity index (χ2n) is 6.69. The highest BCUT2D eigenvalue weighted by Crippen LogP contribution is 2.23. The lowest BCUT2D eigenvalue weighted by Gasteiger charge is -2.15. The number of halogens is 1. The van der Waals surface area contributed by atoms with Gasteiger partial charge in [-0.25, -0.2) is 0 Å². The molecule has 0 aliphatic rings. The number of hydrogen-bond acceptors (Lipinski definition) is 2. The molecule has 2 N–H and O–H groups in total. The Morgan fingerprint density at radius 2 is 1.63 bits per heavy atom. The number of rotatable bonds is 8. The third-order valence-corrected chi connectivity index (χ3v) is 4.62. The SMILES string of the molecule is C=C(CC(N)Cc1ccc(-c2cccc(Cl)c2)cc1)OCc1ccccc1. The summed E-state index contributed by atoms with van der Waals surface area (Å²) in [5.74, 6) is 0.724. The lowest BCUT2D eigenvalue weighted by molar-refractivity contribution is 0.186. The molecule has 1 atom stereocenters. The summed E-state index contributed by atoms with van der Waals surface area (Å²) in [6.45, 7) is 4.53. The Hall–Kier alpha value is -2.55. The molecule has 3 heteroatoms. The average Bonchev–Trinajstić information content (AvgIpc) is 2.68. The highest BCUT2D eigenvalue weighted by molar-refractivity contribution is 6.30. The van der Waals surface area contributed by atoms with E-state index in [-0.39, 0.29) is 6.04 Å². The van der Waals surface area contributed by atoms with E-state index in [1.165, 1.54) is 5.56 Å². The largest absolute Gasteiger partial charge is 0.494 e. The molecule has 27 heavy (non-hydrogen) atoms. The van der Waals surface area contributed by atoms with E-state index in [1.54, 1.807) is 0 Å². The van der Waals surface area contributed by atoms with Crippen LogP contribution in [0.1, 0.15) is 17.5 Å². The predicted molar refractivity (Wildman–Crippen MR) is 114 cm³/mol. The van der Waals surface area contributed by atoms with Crippen molar-refractivity contribution in [1.29, 1.82) is 0 Å². The van der Waals surface area contributed by atoms with Crippen LogP contribution in [0.5, 0.6) is 0 Å². The number of benzene rings is 3. The van der Waals surface area contributed by atoms with Crippen molar-refractivity contribution in [2.75, 3.05) is 0 Å². The smallest absolute Gasteiger partial charge is 0.113 e. The van der Waals surface area contributed by atoms with Gasteiger partial charge < -0.3 is 10.5 Å². The molecule has 0 spiro atoms. The maximum Gasteiger partial charge on any atom is 0.113 e. The molecule has 0 aliphatic carbocycles. The van der Waals surface area contributed by atoms with Crippen LogP contribution in [0.25, 0.3) is 11.1 Å². The van der Waals surface area contributed by atoms with Crippen molar-refractivity contribution in [2.24, 2.45) is 5.73 Å². The van der Waals surface area contributed by atoms with Crippen LogP contribution in [-0.4, -0.2) is 6.04 Å². The Morgan fingerprint density at radius 1 is 0.889 bits per heavy atom. The summed E-state index contributed by atoms with van der Waals surface area (Å²) >= 11 is 6.07. The minimum absolute atomic E-state index is 0.0229. The Bertz CT molecular complexity index is 874. The van der Waals surface area contributed by atoms with Gasteiger partial charge in [-0.2, -0.15) is 0 Å². The van der Waals surface area contributed by atoms with Crippen molar-refractivity contribution in [1.82, 2.24) is 0 Å². The van der Waals surface area contributed by atoms with Crippen molar-refractivity contribution in [2.45, 2.75) is 25.5 Å². The topological polar surface area (TPSA) is 35.2 Å². The molecule has 138 valence electrons. The summed E-state index contributed by atoms with van der Waals surface area (Å²) in [5.41, 5.74) is 10.9. The van der Waals surface area contributed by atoms with Crippen molar-refractivity contribution >= 4 is 11.6 Å². The molecular formula is C24H24ClNO. The van der Waals surface area contributed by atoms with Crippen LogP contribution in [0.4, 0.5) is 0 Å². The molecule has 2 nitrogen and oxygen atoms in total. The van der Waals surface area contributed by atoms with Gasteiger partial charge in [0.25, 0.3) is 0 Å². The van der Waals surface area contributed by atoms with Gasteiger partial charge in [0.1, 0.15) is 6.61 Å². The number of hydrogen-bond donors (Lipinski definition) is 1. The van der Waals surface area contributed by atoms with Crippen molar-refractivity contribution in [3.63, 3.8) is 0 Å². The Labute approximate surface area is 166 Å². The number of ether oxygens (including phenoxy) is 1. The summed E-state index contributed by atoms with van der Waals surface area (Å²) < 4.78 is 5.74. The van der Waals surface area contributed by atoms with Crippen molar-refractivity contribution < 1.29 is 4.74 Å². The molecule has 3 aromatic rings. The summed E-state index contributed by atoms with van der Waals surface area (Å²) in [5, 5.41) is 0.743. The molecule has 0 saturated carbocycles. The van der Waals surface area contributed by atoms with Gasteiger partial charge >= 0.3 is 0 Å². The van der Waals surface area contributed by atoms with Gasteiger partial charge in [-0.15, -0.1) is 0 Å². The molecular weight excluding hydrogens is 354 g/mol. The van der Waals surface area contributed by atoms with E-state index in [4.69, 9.17) is 22.1 Å². The zero-order valence-corrected chi connectivity index (χ0v) is 16.0. The first-order valence-electron chi connectivity index (χ1n) is 9.05. The quantitative estimate of drug-likeness (QED) is 0.489. The second kappa shape index (κ2) is 9.40. The highest BCUT2D eigenvalue weighted by atomic mass is 35.5. The molecule has 0 aliphatic heterocycles. The van der Waals surface area contributed by atoms with Crippen LogP contribution in [0.15, 0.2) is 91.2 Å². The normalized spacial score (nSPS) is 11.8. The predicted octanol–water partition coefficient (Wildman–Crippen LogP) is 6.00. The highest BCUT2D eigenvalue weighted by Gasteiger charge is 2.08. The zero-order chi connectivity index (χ0) is 19.1.